The van der Waals surface area contributed by atoms with Crippen molar-refractivity contribution in [3.63, 3.8) is 0 Å². The van der Waals surface area contributed by atoms with Crippen molar-refractivity contribution in [3.8, 4) is 5.75 Å². The fraction of sp³-hybridized carbons (Fsp3) is 0.304. The van der Waals surface area contributed by atoms with Crippen LogP contribution in [0.15, 0.2) is 54.1 Å². The number of carbonyl (C=O) groups is 2. The van der Waals surface area contributed by atoms with Crippen molar-refractivity contribution < 1.29 is 34.2 Å². The number of benzene rings is 2. The highest BCUT2D eigenvalue weighted by molar-refractivity contribution is 6.46. The van der Waals surface area contributed by atoms with Crippen LogP contribution in [0.3, 0.4) is 0 Å². The quantitative estimate of drug-likeness (QED) is 0.139. The molecule has 1 unspecified atom stereocenters. The molecule has 0 spiro atoms. The van der Waals surface area contributed by atoms with E-state index in [-0.39, 0.29) is 43.2 Å². The Kier molecular flexibility index (Phi) is 7.75. The number of rotatable bonds is 10. The van der Waals surface area contributed by atoms with Crippen molar-refractivity contribution in [2.45, 2.75) is 13.0 Å². The summed E-state index contributed by atoms with van der Waals surface area (Å²) in [4.78, 5) is 37.6. The zero-order chi connectivity index (χ0) is 24.0. The number of amides is 1. The number of aliphatic hydroxyl groups excluding tert-OH is 2. The van der Waals surface area contributed by atoms with Crippen LogP contribution in [-0.4, -0.2) is 64.7 Å². The monoisotopic (exact) mass is 456 g/mol. The Bertz CT molecular complexity index is 1060. The van der Waals surface area contributed by atoms with Gasteiger partial charge in [0, 0.05) is 24.2 Å². The number of aliphatic hydroxyl groups is 2. The van der Waals surface area contributed by atoms with Crippen molar-refractivity contribution in [1.29, 1.82) is 0 Å². The summed E-state index contributed by atoms with van der Waals surface area (Å²) in [6.07, 6.45) is 0. The number of ketones is 1. The molecule has 2 N–H and O–H groups in total. The van der Waals surface area contributed by atoms with Gasteiger partial charge in [0.2, 0.25) is 0 Å². The molecule has 10 nitrogen and oxygen atoms in total. The van der Waals surface area contributed by atoms with E-state index in [1.54, 1.807) is 24.3 Å². The minimum Gasteiger partial charge on any atom is -0.507 e. The average Bonchev–Trinajstić information content (AvgIpc) is 3.07. The zero-order valence-electron chi connectivity index (χ0n) is 18.0. The van der Waals surface area contributed by atoms with Gasteiger partial charge in [-0.05, 0) is 24.6 Å². The predicted molar refractivity (Wildman–Crippen MR) is 118 cm³/mol. The minimum atomic E-state index is -0.933. The molecule has 174 valence electrons. The number of likely N-dealkylation sites (tertiary alicyclic amines) is 1. The van der Waals surface area contributed by atoms with E-state index in [0.717, 1.165) is 6.07 Å². The average molecular weight is 456 g/mol. The highest BCUT2D eigenvalue weighted by Gasteiger charge is 2.46. The van der Waals surface area contributed by atoms with E-state index in [1.807, 2.05) is 6.92 Å². The number of carbonyl (C=O) groups excluding carboxylic acids is 2. The fourth-order valence-electron chi connectivity index (χ4n) is 3.62. The lowest BCUT2D eigenvalue weighted by Gasteiger charge is -2.25. The summed E-state index contributed by atoms with van der Waals surface area (Å²) in [5.41, 5.74) is 0.163. The normalized spacial score (nSPS) is 17.4. The van der Waals surface area contributed by atoms with Gasteiger partial charge in [0.1, 0.15) is 11.5 Å². The summed E-state index contributed by atoms with van der Waals surface area (Å²) in [5, 5.41) is 31.0. The summed E-state index contributed by atoms with van der Waals surface area (Å²) in [6, 6.07) is 11.0. The van der Waals surface area contributed by atoms with E-state index in [9.17, 15) is 24.8 Å². The number of nitro benzene ring substituents is 1. The number of nitrogens with zero attached hydrogens (tertiary/aromatic N) is 2. The Labute approximate surface area is 189 Å². The third-order valence-electron chi connectivity index (χ3n) is 5.09. The summed E-state index contributed by atoms with van der Waals surface area (Å²) in [5.74, 6) is -1.63. The van der Waals surface area contributed by atoms with Gasteiger partial charge in [-0.2, -0.15) is 0 Å². The first kappa shape index (κ1) is 23.9. The maximum absolute atomic E-state index is 12.9. The fourth-order valence-corrected chi connectivity index (χ4v) is 3.62. The van der Waals surface area contributed by atoms with Gasteiger partial charge in [-0.25, -0.2) is 0 Å². The van der Waals surface area contributed by atoms with E-state index in [4.69, 9.17) is 14.6 Å². The molecule has 0 aliphatic carbocycles. The van der Waals surface area contributed by atoms with E-state index in [0.29, 0.717) is 17.9 Å². The SMILES string of the molecule is CCOc1ccc(C2/C(=C(/O)c3cccc([N+](=O)[O-])c3)C(=O)C(=O)N2CCOCCO)cc1. The molecule has 2 aromatic carbocycles. The van der Waals surface area contributed by atoms with E-state index < -0.39 is 28.4 Å². The van der Waals surface area contributed by atoms with Crippen LogP contribution >= 0.6 is 0 Å². The molecular weight excluding hydrogens is 432 g/mol. The standard InChI is InChI=1S/C23H24N2O8/c1-2-33-18-8-6-15(7-9-18)20-19(21(27)16-4-3-5-17(14-16)25(30)31)22(28)23(29)24(20)10-12-32-13-11-26/h3-9,14,20,26-27H,2,10-13H2,1H3/b21-19-. The Morgan fingerprint density at radius 3 is 2.52 bits per heavy atom. The number of ether oxygens (including phenoxy) is 2. The Hall–Kier alpha value is -3.76. The maximum atomic E-state index is 12.9. The number of Topliss-reactive ketones (excluding diaryl/α,β-unsaturated/α-hetero) is 1. The molecule has 1 heterocycles. The van der Waals surface area contributed by atoms with Crippen LogP contribution in [0.4, 0.5) is 5.69 Å². The van der Waals surface area contributed by atoms with Gasteiger partial charge in [0.25, 0.3) is 17.4 Å². The summed E-state index contributed by atoms with van der Waals surface area (Å²) >= 11 is 0. The smallest absolute Gasteiger partial charge is 0.295 e. The molecule has 0 saturated carbocycles. The third-order valence-corrected chi connectivity index (χ3v) is 5.09. The van der Waals surface area contributed by atoms with Crippen LogP contribution in [0.2, 0.25) is 0 Å². The van der Waals surface area contributed by atoms with Gasteiger partial charge in [-0.15, -0.1) is 0 Å². The van der Waals surface area contributed by atoms with Crippen molar-refractivity contribution >= 4 is 23.1 Å². The van der Waals surface area contributed by atoms with Gasteiger partial charge < -0.3 is 24.6 Å². The molecule has 2 aromatic rings. The second kappa shape index (κ2) is 10.7. The molecule has 33 heavy (non-hydrogen) atoms. The first-order valence-electron chi connectivity index (χ1n) is 10.3. The largest absolute Gasteiger partial charge is 0.507 e. The van der Waals surface area contributed by atoms with Crippen molar-refractivity contribution in [2.24, 2.45) is 0 Å². The molecule has 10 heteroatoms. The number of non-ortho nitro benzene ring substituents is 1. The highest BCUT2D eigenvalue weighted by Crippen LogP contribution is 2.40. The second-order valence-electron chi connectivity index (χ2n) is 7.14. The molecule has 0 aromatic heterocycles. The number of hydrogen-bond acceptors (Lipinski definition) is 8. The summed E-state index contributed by atoms with van der Waals surface area (Å²) in [6.45, 7) is 2.30. The molecule has 0 radical (unpaired) electrons. The maximum Gasteiger partial charge on any atom is 0.295 e. The molecule has 1 saturated heterocycles. The predicted octanol–water partition coefficient (Wildman–Crippen LogP) is 2.42. The lowest BCUT2D eigenvalue weighted by Crippen LogP contribution is -2.33. The second-order valence-corrected chi connectivity index (χ2v) is 7.14. The van der Waals surface area contributed by atoms with Crippen molar-refractivity contribution in [1.82, 2.24) is 4.90 Å². The van der Waals surface area contributed by atoms with Crippen LogP contribution in [0.5, 0.6) is 5.75 Å². The molecule has 3 rings (SSSR count). The van der Waals surface area contributed by atoms with Gasteiger partial charge >= 0.3 is 0 Å². The molecule has 1 aliphatic heterocycles. The van der Waals surface area contributed by atoms with Crippen molar-refractivity contribution in [2.75, 3.05) is 33.0 Å². The van der Waals surface area contributed by atoms with E-state index in [2.05, 4.69) is 0 Å². The molecule has 1 amide bonds. The summed E-state index contributed by atoms with van der Waals surface area (Å²) in [7, 11) is 0. The molecule has 1 aliphatic rings. The number of nitro groups is 1. The molecule has 1 atom stereocenters. The van der Waals surface area contributed by atoms with Crippen LogP contribution in [0.25, 0.3) is 5.76 Å². The molecule has 1 fully saturated rings. The van der Waals surface area contributed by atoms with Crippen LogP contribution in [0, 0.1) is 10.1 Å². The topological polar surface area (TPSA) is 139 Å². The first-order valence-corrected chi connectivity index (χ1v) is 10.3. The van der Waals surface area contributed by atoms with Crippen LogP contribution < -0.4 is 4.74 Å². The third kappa shape index (κ3) is 5.18. The Morgan fingerprint density at radius 1 is 1.15 bits per heavy atom. The van der Waals surface area contributed by atoms with Crippen molar-refractivity contribution in [3.05, 3.63) is 75.3 Å². The Balaban J connectivity index is 2.08. The van der Waals surface area contributed by atoms with E-state index in [1.165, 1.54) is 23.1 Å². The Morgan fingerprint density at radius 2 is 1.88 bits per heavy atom. The lowest BCUT2D eigenvalue weighted by atomic mass is 9.95. The molecule has 0 bridgehead atoms. The molecular formula is C23H24N2O8. The highest BCUT2D eigenvalue weighted by atomic mass is 16.6. The lowest BCUT2D eigenvalue weighted by molar-refractivity contribution is -0.384. The van der Waals surface area contributed by atoms with Gasteiger partial charge in [-0.3, -0.25) is 19.7 Å². The zero-order valence-corrected chi connectivity index (χ0v) is 18.0. The van der Waals surface area contributed by atoms with Gasteiger partial charge in [-0.1, -0.05) is 24.3 Å². The van der Waals surface area contributed by atoms with Crippen LogP contribution in [0.1, 0.15) is 24.1 Å². The summed E-state index contributed by atoms with van der Waals surface area (Å²) < 4.78 is 10.7. The van der Waals surface area contributed by atoms with Gasteiger partial charge in [0.05, 0.1) is 43.0 Å². The van der Waals surface area contributed by atoms with E-state index >= 15 is 0 Å². The van der Waals surface area contributed by atoms with Gasteiger partial charge in [0.15, 0.2) is 0 Å². The minimum absolute atomic E-state index is 0.0359. The first-order chi connectivity index (χ1) is 15.9. The van der Waals surface area contributed by atoms with Crippen LogP contribution in [-0.2, 0) is 14.3 Å². The number of hydrogen-bond donors (Lipinski definition) is 2.